The second-order valence-corrected chi connectivity index (χ2v) is 11.1. The number of hydrogen-bond acceptors (Lipinski definition) is 8. The van der Waals surface area contributed by atoms with Crippen LogP contribution in [0.5, 0.6) is 0 Å². The van der Waals surface area contributed by atoms with E-state index in [9.17, 15) is 0 Å². The molecule has 3 fully saturated rings. The number of nitrogens with two attached hydrogens (primary N) is 2. The van der Waals surface area contributed by atoms with Gasteiger partial charge in [0, 0.05) is 61.2 Å². The summed E-state index contributed by atoms with van der Waals surface area (Å²) >= 11 is 6.54. The van der Waals surface area contributed by atoms with Gasteiger partial charge in [-0.15, -0.1) is 0 Å². The van der Waals surface area contributed by atoms with E-state index in [1.165, 1.54) is 0 Å². The lowest BCUT2D eigenvalue weighted by atomic mass is 9.91. The zero-order valence-corrected chi connectivity index (χ0v) is 21.1. The second-order valence-electron chi connectivity index (χ2n) is 10.7. The lowest BCUT2D eigenvalue weighted by Gasteiger charge is -2.33. The van der Waals surface area contributed by atoms with Crippen molar-refractivity contribution in [2.24, 2.45) is 11.5 Å². The number of aromatic nitrogens is 2. The fourth-order valence-corrected chi connectivity index (χ4v) is 5.15. The summed E-state index contributed by atoms with van der Waals surface area (Å²) in [6, 6.07) is 8.90. The van der Waals surface area contributed by atoms with Gasteiger partial charge in [0.1, 0.15) is 11.6 Å². The van der Waals surface area contributed by atoms with Crippen molar-refractivity contribution in [3.8, 4) is 11.3 Å². The van der Waals surface area contributed by atoms with E-state index in [4.69, 9.17) is 32.8 Å². The lowest BCUT2D eigenvalue weighted by molar-refractivity contribution is 0.0574. The Bertz CT molecular complexity index is 1000. The van der Waals surface area contributed by atoms with Crippen LogP contribution in [-0.2, 0) is 4.74 Å². The molecule has 0 radical (unpaired) electrons. The van der Waals surface area contributed by atoms with Crippen molar-refractivity contribution in [1.82, 2.24) is 15.3 Å². The highest BCUT2D eigenvalue weighted by Gasteiger charge is 2.38. The first-order valence-electron chi connectivity index (χ1n) is 12.9. The number of pyridine rings is 2. The Kier molecular flexibility index (Phi) is 7.46. The molecule has 1 aliphatic heterocycles. The van der Waals surface area contributed by atoms with E-state index in [0.717, 1.165) is 80.8 Å². The average molecular weight is 500 g/mol. The average Bonchev–Trinajstić information content (AvgIpc) is 3.61. The molecule has 2 saturated carbocycles. The molecule has 0 unspecified atom stereocenters. The van der Waals surface area contributed by atoms with Gasteiger partial charge >= 0.3 is 0 Å². The molecule has 9 heteroatoms. The van der Waals surface area contributed by atoms with Crippen LogP contribution < -0.4 is 27.4 Å². The summed E-state index contributed by atoms with van der Waals surface area (Å²) in [5, 5.41) is 11.3. The van der Waals surface area contributed by atoms with Crippen molar-refractivity contribution in [3.63, 3.8) is 0 Å². The number of ether oxygens (including phenoxy) is 1. The van der Waals surface area contributed by atoms with E-state index in [-0.39, 0.29) is 11.1 Å². The van der Waals surface area contributed by atoms with Crippen LogP contribution in [-0.4, -0.2) is 59.4 Å². The number of anilines is 2. The molecule has 7 N–H and O–H groups in total. The largest absolute Gasteiger partial charge is 0.381 e. The minimum Gasteiger partial charge on any atom is -0.381 e. The van der Waals surface area contributed by atoms with Crippen LogP contribution in [0.1, 0.15) is 51.4 Å². The standard InChI is InChI=1S/C26H38ClN7O/c27-21-15-30-24(33-19-6-4-18(5-7-19)31-16-25(28)8-9-25)14-20(21)22-2-1-3-23(34-22)32-17-26(29)10-12-35-13-11-26/h1-3,14-15,18-19,31H,4-13,16-17,28-29H2,(H,30,33)(H,32,34). The minimum atomic E-state index is -0.264. The molecule has 0 atom stereocenters. The predicted molar refractivity (Wildman–Crippen MR) is 142 cm³/mol. The lowest BCUT2D eigenvalue weighted by Crippen LogP contribution is -2.50. The first kappa shape index (κ1) is 24.7. The molecule has 3 aliphatic rings. The van der Waals surface area contributed by atoms with E-state index < -0.39 is 0 Å². The molecule has 0 bridgehead atoms. The van der Waals surface area contributed by atoms with Crippen molar-refractivity contribution in [1.29, 1.82) is 0 Å². The maximum absolute atomic E-state index is 6.54. The zero-order valence-electron chi connectivity index (χ0n) is 20.4. The first-order chi connectivity index (χ1) is 16.9. The number of halogens is 1. The maximum Gasteiger partial charge on any atom is 0.126 e. The van der Waals surface area contributed by atoms with Crippen molar-refractivity contribution < 1.29 is 4.74 Å². The summed E-state index contributed by atoms with van der Waals surface area (Å²) < 4.78 is 5.45. The normalized spacial score (nSPS) is 25.1. The molecular weight excluding hydrogens is 462 g/mol. The molecule has 2 aromatic heterocycles. The van der Waals surface area contributed by atoms with Crippen molar-refractivity contribution >= 4 is 23.2 Å². The van der Waals surface area contributed by atoms with Gasteiger partial charge in [-0.05, 0) is 69.6 Å². The molecular formula is C26H38ClN7O. The molecule has 0 spiro atoms. The Morgan fingerprint density at radius 1 is 0.943 bits per heavy atom. The highest BCUT2D eigenvalue weighted by Crippen LogP contribution is 2.33. The van der Waals surface area contributed by atoms with E-state index in [2.05, 4.69) is 20.9 Å². The van der Waals surface area contributed by atoms with Crippen molar-refractivity contribution in [2.45, 2.75) is 74.5 Å². The van der Waals surface area contributed by atoms with E-state index in [1.54, 1.807) is 6.20 Å². The predicted octanol–water partition coefficient (Wildman–Crippen LogP) is 3.52. The first-order valence-corrected chi connectivity index (χ1v) is 13.3. The van der Waals surface area contributed by atoms with E-state index in [1.807, 2.05) is 24.3 Å². The Hall–Kier alpha value is -1.97. The molecule has 2 aromatic rings. The van der Waals surface area contributed by atoms with Crippen LogP contribution in [0.2, 0.25) is 5.02 Å². The number of rotatable bonds is 9. The van der Waals surface area contributed by atoms with Gasteiger partial charge < -0.3 is 32.2 Å². The summed E-state index contributed by atoms with van der Waals surface area (Å²) in [4.78, 5) is 9.34. The quantitative estimate of drug-likeness (QED) is 0.355. The SMILES string of the molecule is NC1(CNc2cccc(-c3cc(NC4CCC(NCC5(N)CC5)CC4)ncc3Cl)n2)CCOCC1. The topological polar surface area (TPSA) is 123 Å². The molecule has 8 nitrogen and oxygen atoms in total. The van der Waals surface area contributed by atoms with Gasteiger partial charge in [-0.2, -0.15) is 0 Å². The van der Waals surface area contributed by atoms with Gasteiger partial charge in [-0.25, -0.2) is 9.97 Å². The summed E-state index contributed by atoms with van der Waals surface area (Å²) in [7, 11) is 0. The van der Waals surface area contributed by atoms with Gasteiger partial charge in [-0.1, -0.05) is 17.7 Å². The molecule has 1 saturated heterocycles. The van der Waals surface area contributed by atoms with Gasteiger partial charge in [0.05, 0.1) is 10.7 Å². The Balaban J connectivity index is 1.18. The highest BCUT2D eigenvalue weighted by atomic mass is 35.5. The summed E-state index contributed by atoms with van der Waals surface area (Å²) in [5.41, 5.74) is 14.2. The van der Waals surface area contributed by atoms with Gasteiger partial charge in [0.15, 0.2) is 0 Å². The van der Waals surface area contributed by atoms with Crippen LogP contribution in [0.15, 0.2) is 30.5 Å². The number of nitrogens with zero attached hydrogens (tertiary/aromatic N) is 2. The maximum atomic E-state index is 6.54. The molecule has 0 aromatic carbocycles. The van der Waals surface area contributed by atoms with Crippen LogP contribution in [0, 0.1) is 0 Å². The molecule has 2 aliphatic carbocycles. The molecule has 3 heterocycles. The van der Waals surface area contributed by atoms with Crippen molar-refractivity contribution in [3.05, 3.63) is 35.5 Å². The third-order valence-electron chi connectivity index (χ3n) is 7.70. The molecule has 0 amide bonds. The smallest absolute Gasteiger partial charge is 0.126 e. The third-order valence-corrected chi connectivity index (χ3v) is 8.01. The van der Waals surface area contributed by atoms with Gasteiger partial charge in [-0.3, -0.25) is 0 Å². The van der Waals surface area contributed by atoms with Crippen molar-refractivity contribution in [2.75, 3.05) is 36.9 Å². The molecule has 35 heavy (non-hydrogen) atoms. The summed E-state index contributed by atoms with van der Waals surface area (Å²) in [6.45, 7) is 3.02. The van der Waals surface area contributed by atoms with Gasteiger partial charge in [0.2, 0.25) is 0 Å². The number of nitrogens with one attached hydrogen (secondary N) is 3. The van der Waals surface area contributed by atoms with Gasteiger partial charge in [0.25, 0.3) is 0 Å². The monoisotopic (exact) mass is 499 g/mol. The molecule has 190 valence electrons. The Morgan fingerprint density at radius 3 is 2.40 bits per heavy atom. The molecule has 5 rings (SSSR count). The van der Waals surface area contributed by atoms with Crippen LogP contribution in [0.3, 0.4) is 0 Å². The Labute approximate surface area is 212 Å². The Morgan fingerprint density at radius 2 is 1.66 bits per heavy atom. The summed E-state index contributed by atoms with van der Waals surface area (Å²) in [5.74, 6) is 1.63. The fraction of sp³-hybridized carbons (Fsp3) is 0.615. The number of hydrogen-bond donors (Lipinski definition) is 5. The van der Waals surface area contributed by atoms with E-state index >= 15 is 0 Å². The van der Waals surface area contributed by atoms with Crippen LogP contribution in [0.25, 0.3) is 11.3 Å². The van der Waals surface area contributed by atoms with Crippen LogP contribution >= 0.6 is 11.6 Å². The zero-order chi connectivity index (χ0) is 24.3. The van der Waals surface area contributed by atoms with Crippen LogP contribution in [0.4, 0.5) is 11.6 Å². The minimum absolute atomic E-state index is 0.0656. The summed E-state index contributed by atoms with van der Waals surface area (Å²) in [6.07, 6.45) is 10.2. The third kappa shape index (κ3) is 6.62. The van der Waals surface area contributed by atoms with E-state index in [0.29, 0.717) is 36.9 Å². The highest BCUT2D eigenvalue weighted by molar-refractivity contribution is 6.33. The second kappa shape index (κ2) is 10.6. The fourth-order valence-electron chi connectivity index (χ4n) is 4.95.